The molecule has 0 atom stereocenters. The first-order valence-electron chi connectivity index (χ1n) is 5.46. The Bertz CT molecular complexity index is 197. The lowest BCUT2D eigenvalue weighted by Crippen LogP contribution is -2.30. The monoisotopic (exact) mass is 233 g/mol. The van der Waals surface area contributed by atoms with E-state index in [9.17, 15) is 4.79 Å². The highest BCUT2D eigenvalue weighted by molar-refractivity contribution is 6.21. The molecule has 0 aliphatic carbocycles. The summed E-state index contributed by atoms with van der Waals surface area (Å²) in [6, 6.07) is 0. The molecule has 0 spiro atoms. The first kappa shape index (κ1) is 14.8. The zero-order valence-electron chi connectivity index (χ0n) is 10.8. The standard InChI is InChI=1S/C12H24ClNO/c1-11(2,3)7-9(10(15)14-13)8-12(4,5)6/h9H,7-8H2,1-6H3,(H,14,15). The topological polar surface area (TPSA) is 29.1 Å². The molecule has 90 valence electrons. The van der Waals surface area contributed by atoms with E-state index in [0.29, 0.717) is 0 Å². The van der Waals surface area contributed by atoms with Crippen molar-refractivity contribution in [3.63, 3.8) is 0 Å². The molecule has 0 aromatic heterocycles. The Hall–Kier alpha value is -0.240. The summed E-state index contributed by atoms with van der Waals surface area (Å²) in [5, 5.41) is 0. The zero-order chi connectivity index (χ0) is 12.3. The summed E-state index contributed by atoms with van der Waals surface area (Å²) in [7, 11) is 0. The summed E-state index contributed by atoms with van der Waals surface area (Å²) in [5.74, 6) is -0.0518. The molecule has 3 heteroatoms. The highest BCUT2D eigenvalue weighted by atomic mass is 35.5. The van der Waals surface area contributed by atoms with Crippen LogP contribution in [0.4, 0.5) is 0 Å². The number of hydrogen-bond acceptors (Lipinski definition) is 1. The maximum atomic E-state index is 11.6. The van der Waals surface area contributed by atoms with E-state index in [1.165, 1.54) is 0 Å². The fourth-order valence-electron chi connectivity index (χ4n) is 1.81. The van der Waals surface area contributed by atoms with Crippen molar-refractivity contribution in [1.82, 2.24) is 4.84 Å². The van der Waals surface area contributed by atoms with Gasteiger partial charge in [0.15, 0.2) is 0 Å². The average molecular weight is 234 g/mol. The van der Waals surface area contributed by atoms with Gasteiger partial charge in [0.2, 0.25) is 5.91 Å². The first-order valence-corrected chi connectivity index (χ1v) is 5.83. The van der Waals surface area contributed by atoms with E-state index in [0.717, 1.165) is 12.8 Å². The first-order chi connectivity index (χ1) is 6.55. The van der Waals surface area contributed by atoms with E-state index in [1.54, 1.807) is 0 Å². The SMILES string of the molecule is CC(C)(C)CC(CC(C)(C)C)C(=O)NCl. The molecule has 2 nitrogen and oxygen atoms in total. The minimum absolute atomic E-state index is 0.00231. The summed E-state index contributed by atoms with van der Waals surface area (Å²) < 4.78 is 0. The predicted octanol–water partition coefficient (Wildman–Crippen LogP) is 3.75. The van der Waals surface area contributed by atoms with Gasteiger partial charge in [-0.15, -0.1) is 0 Å². The Kier molecular flexibility index (Phi) is 5.12. The third-order valence-electron chi connectivity index (χ3n) is 2.18. The number of rotatable bonds is 3. The molecule has 0 aliphatic heterocycles. The van der Waals surface area contributed by atoms with Gasteiger partial charge in [-0.1, -0.05) is 41.5 Å². The number of carbonyl (C=O) groups excluding carboxylic acids is 1. The van der Waals surface area contributed by atoms with Crippen LogP contribution in [-0.4, -0.2) is 5.91 Å². The van der Waals surface area contributed by atoms with Crippen molar-refractivity contribution in [3.8, 4) is 0 Å². The molecule has 0 radical (unpaired) electrons. The molecule has 0 saturated heterocycles. The summed E-state index contributed by atoms with van der Waals surface area (Å²) in [6.45, 7) is 12.9. The van der Waals surface area contributed by atoms with Gasteiger partial charge in [0.05, 0.1) is 0 Å². The van der Waals surface area contributed by atoms with E-state index in [1.807, 2.05) is 0 Å². The number of hydrogen-bond donors (Lipinski definition) is 1. The van der Waals surface area contributed by atoms with Gasteiger partial charge in [-0.25, -0.2) is 0 Å². The third-order valence-corrected chi connectivity index (χ3v) is 2.37. The van der Waals surface area contributed by atoms with Gasteiger partial charge in [-0.3, -0.25) is 9.63 Å². The number of carbonyl (C=O) groups is 1. The lowest BCUT2D eigenvalue weighted by Gasteiger charge is -2.29. The van der Waals surface area contributed by atoms with Crippen LogP contribution in [0.2, 0.25) is 0 Å². The van der Waals surface area contributed by atoms with Gasteiger partial charge in [0.25, 0.3) is 0 Å². The lowest BCUT2D eigenvalue weighted by atomic mass is 9.76. The molecule has 0 unspecified atom stereocenters. The van der Waals surface area contributed by atoms with Gasteiger partial charge < -0.3 is 0 Å². The summed E-state index contributed by atoms with van der Waals surface area (Å²) >= 11 is 5.40. The fraction of sp³-hybridized carbons (Fsp3) is 0.917. The van der Waals surface area contributed by atoms with Gasteiger partial charge in [0, 0.05) is 17.7 Å². The molecule has 0 aromatic rings. The van der Waals surface area contributed by atoms with Crippen LogP contribution in [0.15, 0.2) is 0 Å². The Morgan fingerprint density at radius 3 is 1.60 bits per heavy atom. The van der Waals surface area contributed by atoms with Gasteiger partial charge in [-0.2, -0.15) is 0 Å². The molecule has 0 fully saturated rings. The molecule has 0 heterocycles. The predicted molar refractivity (Wildman–Crippen MR) is 65.6 cm³/mol. The molecule has 15 heavy (non-hydrogen) atoms. The Morgan fingerprint density at radius 1 is 1.07 bits per heavy atom. The van der Waals surface area contributed by atoms with Crippen LogP contribution < -0.4 is 4.84 Å². The minimum Gasteiger partial charge on any atom is -0.273 e. The molecule has 0 rings (SSSR count). The molecule has 1 N–H and O–H groups in total. The van der Waals surface area contributed by atoms with Crippen LogP contribution in [0, 0.1) is 16.7 Å². The van der Waals surface area contributed by atoms with Gasteiger partial charge in [0.1, 0.15) is 0 Å². The van der Waals surface area contributed by atoms with Crippen LogP contribution in [0.5, 0.6) is 0 Å². The van der Waals surface area contributed by atoms with Crippen molar-refractivity contribution in [2.75, 3.05) is 0 Å². The Labute approximate surface area is 98.9 Å². The fourth-order valence-corrected chi connectivity index (χ4v) is 1.97. The molecular weight excluding hydrogens is 210 g/mol. The second-order valence-electron chi connectivity index (χ2n) is 6.69. The van der Waals surface area contributed by atoms with Crippen LogP contribution >= 0.6 is 11.8 Å². The summed E-state index contributed by atoms with van der Waals surface area (Å²) in [5.41, 5.74) is 0.304. The lowest BCUT2D eigenvalue weighted by molar-refractivity contribution is -0.125. The Morgan fingerprint density at radius 2 is 1.40 bits per heavy atom. The molecular formula is C12H24ClNO. The second-order valence-corrected chi connectivity index (χ2v) is 6.87. The zero-order valence-corrected chi connectivity index (χ0v) is 11.5. The molecule has 0 saturated carbocycles. The van der Waals surface area contributed by atoms with Gasteiger partial charge >= 0.3 is 0 Å². The minimum atomic E-state index is -0.0542. The van der Waals surface area contributed by atoms with Crippen molar-refractivity contribution in [1.29, 1.82) is 0 Å². The van der Waals surface area contributed by atoms with E-state index in [-0.39, 0.29) is 22.7 Å². The highest BCUT2D eigenvalue weighted by Crippen LogP contribution is 2.33. The maximum Gasteiger partial charge on any atom is 0.237 e. The number of amides is 1. The normalized spacial score (nSPS) is 13.1. The highest BCUT2D eigenvalue weighted by Gasteiger charge is 2.28. The molecule has 0 bridgehead atoms. The summed E-state index contributed by atoms with van der Waals surface area (Å²) in [6.07, 6.45) is 1.73. The quantitative estimate of drug-likeness (QED) is 0.740. The second kappa shape index (κ2) is 5.20. The third kappa shape index (κ3) is 7.66. The van der Waals surface area contributed by atoms with Crippen molar-refractivity contribution in [3.05, 3.63) is 0 Å². The Balaban J connectivity index is 4.53. The average Bonchev–Trinajstić information content (AvgIpc) is 1.96. The van der Waals surface area contributed by atoms with Crippen molar-refractivity contribution < 1.29 is 4.79 Å². The van der Waals surface area contributed by atoms with E-state index >= 15 is 0 Å². The molecule has 0 aliphatic rings. The van der Waals surface area contributed by atoms with Crippen molar-refractivity contribution in [2.45, 2.75) is 54.4 Å². The number of halogens is 1. The largest absolute Gasteiger partial charge is 0.273 e. The summed E-state index contributed by atoms with van der Waals surface area (Å²) in [4.78, 5) is 13.9. The van der Waals surface area contributed by atoms with Crippen LogP contribution in [0.25, 0.3) is 0 Å². The molecule has 0 aromatic carbocycles. The number of nitrogens with one attached hydrogen (secondary N) is 1. The smallest absolute Gasteiger partial charge is 0.237 e. The van der Waals surface area contributed by atoms with Gasteiger partial charge in [-0.05, 0) is 23.7 Å². The van der Waals surface area contributed by atoms with Crippen LogP contribution in [-0.2, 0) is 4.79 Å². The van der Waals surface area contributed by atoms with E-state index < -0.39 is 0 Å². The van der Waals surface area contributed by atoms with Crippen molar-refractivity contribution >= 4 is 17.7 Å². The van der Waals surface area contributed by atoms with Crippen molar-refractivity contribution in [2.24, 2.45) is 16.7 Å². The van der Waals surface area contributed by atoms with E-state index in [2.05, 4.69) is 46.4 Å². The van der Waals surface area contributed by atoms with Crippen LogP contribution in [0.1, 0.15) is 54.4 Å². The van der Waals surface area contributed by atoms with E-state index in [4.69, 9.17) is 11.8 Å². The maximum absolute atomic E-state index is 11.6. The van der Waals surface area contributed by atoms with Crippen LogP contribution in [0.3, 0.4) is 0 Å². The molecule has 1 amide bonds.